The van der Waals surface area contributed by atoms with E-state index >= 15 is 0 Å². The van der Waals surface area contributed by atoms with Crippen LogP contribution in [-0.2, 0) is 0 Å². The molecule has 16 heavy (non-hydrogen) atoms. The lowest BCUT2D eigenvalue weighted by Crippen LogP contribution is -2.29. The summed E-state index contributed by atoms with van der Waals surface area (Å²) in [5.41, 5.74) is 0.0685. The zero-order valence-electron chi connectivity index (χ0n) is 11.8. The molecule has 0 amide bonds. The SMILES string of the molecule is CC(CCC1CCCC1(C)O)CC(C)(C)C. The highest BCUT2D eigenvalue weighted by Gasteiger charge is 2.36. The summed E-state index contributed by atoms with van der Waals surface area (Å²) in [6, 6.07) is 0. The first kappa shape index (κ1) is 14.0. The van der Waals surface area contributed by atoms with Gasteiger partial charge in [0.15, 0.2) is 0 Å². The summed E-state index contributed by atoms with van der Waals surface area (Å²) in [5, 5.41) is 10.2. The van der Waals surface area contributed by atoms with Gasteiger partial charge in [-0.1, -0.05) is 40.5 Å². The minimum absolute atomic E-state index is 0.374. The van der Waals surface area contributed by atoms with Gasteiger partial charge in [-0.05, 0) is 49.9 Å². The van der Waals surface area contributed by atoms with E-state index in [4.69, 9.17) is 0 Å². The number of hydrogen-bond donors (Lipinski definition) is 1. The first-order valence-corrected chi connectivity index (χ1v) is 6.93. The molecule has 0 heterocycles. The van der Waals surface area contributed by atoms with Crippen LogP contribution in [-0.4, -0.2) is 10.7 Å². The Balaban J connectivity index is 2.29. The average Bonchev–Trinajstić information content (AvgIpc) is 2.38. The summed E-state index contributed by atoms with van der Waals surface area (Å²) < 4.78 is 0. The maximum atomic E-state index is 10.2. The molecule has 0 aromatic heterocycles. The smallest absolute Gasteiger partial charge is 0.0647 e. The minimum atomic E-state index is -0.374. The van der Waals surface area contributed by atoms with E-state index in [2.05, 4.69) is 27.7 Å². The topological polar surface area (TPSA) is 20.2 Å². The zero-order valence-corrected chi connectivity index (χ0v) is 11.8. The Morgan fingerprint density at radius 2 is 2.00 bits per heavy atom. The van der Waals surface area contributed by atoms with Crippen LogP contribution in [0.25, 0.3) is 0 Å². The lowest BCUT2D eigenvalue weighted by Gasteiger charge is -2.28. The van der Waals surface area contributed by atoms with Crippen LogP contribution in [0, 0.1) is 17.3 Å². The highest BCUT2D eigenvalue weighted by atomic mass is 16.3. The van der Waals surface area contributed by atoms with Crippen molar-refractivity contribution in [3.63, 3.8) is 0 Å². The van der Waals surface area contributed by atoms with Crippen molar-refractivity contribution in [3.8, 4) is 0 Å². The van der Waals surface area contributed by atoms with E-state index in [1.54, 1.807) is 0 Å². The third kappa shape index (κ3) is 4.45. The molecule has 1 N–H and O–H groups in total. The second-order valence-electron chi connectivity index (χ2n) is 7.39. The van der Waals surface area contributed by atoms with E-state index in [1.165, 1.54) is 32.1 Å². The van der Waals surface area contributed by atoms with E-state index < -0.39 is 0 Å². The van der Waals surface area contributed by atoms with Crippen molar-refractivity contribution in [2.45, 2.75) is 78.7 Å². The molecular formula is C15H30O. The van der Waals surface area contributed by atoms with Crippen molar-refractivity contribution < 1.29 is 5.11 Å². The third-order valence-corrected chi connectivity index (χ3v) is 4.08. The molecule has 3 atom stereocenters. The van der Waals surface area contributed by atoms with Crippen molar-refractivity contribution in [2.24, 2.45) is 17.3 Å². The molecule has 0 aromatic rings. The maximum Gasteiger partial charge on any atom is 0.0647 e. The lowest BCUT2D eigenvalue weighted by molar-refractivity contribution is 0.0153. The fourth-order valence-electron chi connectivity index (χ4n) is 3.31. The third-order valence-electron chi connectivity index (χ3n) is 4.08. The molecule has 1 aliphatic carbocycles. The fraction of sp³-hybridized carbons (Fsp3) is 1.00. The Bertz CT molecular complexity index is 212. The van der Waals surface area contributed by atoms with Gasteiger partial charge in [0, 0.05) is 0 Å². The van der Waals surface area contributed by atoms with Gasteiger partial charge in [-0.25, -0.2) is 0 Å². The van der Waals surface area contributed by atoms with Crippen molar-refractivity contribution in [3.05, 3.63) is 0 Å². The van der Waals surface area contributed by atoms with Gasteiger partial charge in [0.1, 0.15) is 0 Å². The normalized spacial score (nSPS) is 33.0. The molecule has 0 radical (unpaired) electrons. The van der Waals surface area contributed by atoms with Crippen molar-refractivity contribution in [2.75, 3.05) is 0 Å². The van der Waals surface area contributed by atoms with E-state index in [-0.39, 0.29) is 5.60 Å². The molecule has 0 bridgehead atoms. The maximum absolute atomic E-state index is 10.2. The minimum Gasteiger partial charge on any atom is -0.390 e. The second-order valence-corrected chi connectivity index (χ2v) is 7.39. The fourth-order valence-corrected chi connectivity index (χ4v) is 3.31. The predicted octanol–water partition coefficient (Wildman–Crippen LogP) is 4.39. The first-order chi connectivity index (χ1) is 7.21. The monoisotopic (exact) mass is 226 g/mol. The molecule has 0 saturated heterocycles. The van der Waals surface area contributed by atoms with Gasteiger partial charge in [-0.2, -0.15) is 0 Å². The second kappa shape index (κ2) is 5.08. The van der Waals surface area contributed by atoms with Gasteiger partial charge >= 0.3 is 0 Å². The lowest BCUT2D eigenvalue weighted by atomic mass is 9.80. The molecule has 1 heteroatoms. The summed E-state index contributed by atoms with van der Waals surface area (Å²) in [7, 11) is 0. The van der Waals surface area contributed by atoms with Crippen LogP contribution < -0.4 is 0 Å². The highest BCUT2D eigenvalue weighted by molar-refractivity contribution is 4.88. The predicted molar refractivity (Wildman–Crippen MR) is 70.4 cm³/mol. The average molecular weight is 226 g/mol. The van der Waals surface area contributed by atoms with Gasteiger partial charge in [0.05, 0.1) is 5.60 Å². The molecule has 1 fully saturated rings. The van der Waals surface area contributed by atoms with Gasteiger partial charge in [-0.3, -0.25) is 0 Å². The molecule has 1 aliphatic rings. The molecule has 1 saturated carbocycles. The molecule has 0 spiro atoms. The van der Waals surface area contributed by atoms with Crippen molar-refractivity contribution in [1.82, 2.24) is 0 Å². The number of hydrogen-bond acceptors (Lipinski definition) is 1. The zero-order chi connectivity index (χ0) is 12.4. The van der Waals surface area contributed by atoms with E-state index in [0.29, 0.717) is 11.3 Å². The van der Waals surface area contributed by atoms with Gasteiger partial charge in [0.2, 0.25) is 0 Å². The van der Waals surface area contributed by atoms with Crippen LogP contribution in [0.15, 0.2) is 0 Å². The quantitative estimate of drug-likeness (QED) is 0.753. The van der Waals surface area contributed by atoms with Crippen LogP contribution in [0.4, 0.5) is 0 Å². The van der Waals surface area contributed by atoms with Crippen LogP contribution >= 0.6 is 0 Å². The first-order valence-electron chi connectivity index (χ1n) is 6.93. The highest BCUT2D eigenvalue weighted by Crippen LogP contribution is 2.39. The van der Waals surface area contributed by atoms with E-state index in [1.807, 2.05) is 6.92 Å². The summed E-state index contributed by atoms with van der Waals surface area (Å²) in [4.78, 5) is 0. The van der Waals surface area contributed by atoms with Crippen LogP contribution in [0.3, 0.4) is 0 Å². The number of aliphatic hydroxyl groups is 1. The largest absolute Gasteiger partial charge is 0.390 e. The van der Waals surface area contributed by atoms with Crippen LogP contribution in [0.2, 0.25) is 0 Å². The number of rotatable bonds is 4. The Morgan fingerprint density at radius 3 is 2.44 bits per heavy atom. The summed E-state index contributed by atoms with van der Waals surface area (Å²) in [5.74, 6) is 1.34. The summed E-state index contributed by atoms with van der Waals surface area (Å²) in [6.07, 6.45) is 7.23. The van der Waals surface area contributed by atoms with E-state index in [0.717, 1.165) is 12.3 Å². The molecule has 0 aromatic carbocycles. The summed E-state index contributed by atoms with van der Waals surface area (Å²) in [6.45, 7) is 11.3. The van der Waals surface area contributed by atoms with Gasteiger partial charge in [0.25, 0.3) is 0 Å². The standard InChI is InChI=1S/C15H30O/c1-12(11-14(2,3)4)8-9-13-7-6-10-15(13,5)16/h12-13,16H,6-11H2,1-5H3. The molecule has 1 rings (SSSR count). The molecule has 96 valence electrons. The van der Waals surface area contributed by atoms with Crippen LogP contribution in [0.5, 0.6) is 0 Å². The molecule has 3 unspecified atom stereocenters. The summed E-state index contributed by atoms with van der Waals surface area (Å²) >= 11 is 0. The van der Waals surface area contributed by atoms with Gasteiger partial charge in [-0.15, -0.1) is 0 Å². The van der Waals surface area contributed by atoms with E-state index in [9.17, 15) is 5.11 Å². The Hall–Kier alpha value is -0.0400. The molecule has 1 nitrogen and oxygen atoms in total. The van der Waals surface area contributed by atoms with Crippen LogP contribution in [0.1, 0.15) is 73.1 Å². The Morgan fingerprint density at radius 1 is 1.38 bits per heavy atom. The van der Waals surface area contributed by atoms with Gasteiger partial charge < -0.3 is 5.11 Å². The molecule has 0 aliphatic heterocycles. The Kier molecular flexibility index (Phi) is 4.45. The van der Waals surface area contributed by atoms with Crippen molar-refractivity contribution >= 4 is 0 Å². The van der Waals surface area contributed by atoms with Crippen molar-refractivity contribution in [1.29, 1.82) is 0 Å². The Labute approximate surface area is 102 Å². The molecular weight excluding hydrogens is 196 g/mol.